The predicted octanol–water partition coefficient (Wildman–Crippen LogP) is 7.65. The van der Waals surface area contributed by atoms with Crippen LogP contribution in [0, 0.1) is 0 Å². The fourth-order valence-corrected chi connectivity index (χ4v) is 6.07. The molecule has 1 amide bonds. The monoisotopic (exact) mass is 609 g/mol. The number of nitrogens with one attached hydrogen (secondary N) is 1. The molecule has 0 heterocycles. The first-order valence-electron chi connectivity index (χ1n) is 15.7. The molecule has 0 fully saturated rings. The van der Waals surface area contributed by atoms with Gasteiger partial charge in [0.2, 0.25) is 5.75 Å². The standard InChI is InChI=1S/C38H43NO6/c1-4-13-32(39-36(40)26-45-38-33(41-2)20-12-21-34(38)42-3)30-18-11-19-31-29(30)22-23-35(43-24-27-14-7-5-8-15-27)37(31)44-25-28-16-9-6-10-17-28/h5-10,12,14-17,20-23,30,32H,4,11,13,18-19,24-26H2,1-3H3,(H,39,40). The van der Waals surface area contributed by atoms with Crippen LogP contribution in [-0.4, -0.2) is 32.8 Å². The third-order valence-corrected chi connectivity index (χ3v) is 8.23. The van der Waals surface area contributed by atoms with Crippen molar-refractivity contribution in [1.29, 1.82) is 0 Å². The second-order valence-electron chi connectivity index (χ2n) is 11.3. The third kappa shape index (κ3) is 8.09. The summed E-state index contributed by atoms with van der Waals surface area (Å²) in [5.74, 6) is 2.94. The molecule has 45 heavy (non-hydrogen) atoms. The number of benzene rings is 4. The van der Waals surface area contributed by atoms with Gasteiger partial charge in [-0.25, -0.2) is 0 Å². The molecule has 5 rings (SSSR count). The van der Waals surface area contributed by atoms with E-state index in [9.17, 15) is 4.79 Å². The molecule has 0 spiro atoms. The van der Waals surface area contributed by atoms with Crippen LogP contribution < -0.4 is 29.0 Å². The number of fused-ring (bicyclic) bond motifs is 1. The van der Waals surface area contributed by atoms with Crippen LogP contribution in [0.3, 0.4) is 0 Å². The van der Waals surface area contributed by atoms with Crippen molar-refractivity contribution in [1.82, 2.24) is 5.32 Å². The summed E-state index contributed by atoms with van der Waals surface area (Å²) in [5.41, 5.74) is 4.57. The maximum absolute atomic E-state index is 13.3. The number of carbonyl (C=O) groups excluding carboxylic acids is 1. The summed E-state index contributed by atoms with van der Waals surface area (Å²) in [6, 6.07) is 29.9. The molecule has 236 valence electrons. The average Bonchev–Trinajstić information content (AvgIpc) is 3.09. The Kier molecular flexibility index (Phi) is 11.2. The Morgan fingerprint density at radius 3 is 2.02 bits per heavy atom. The van der Waals surface area contributed by atoms with Gasteiger partial charge >= 0.3 is 0 Å². The van der Waals surface area contributed by atoms with Crippen molar-refractivity contribution < 1.29 is 28.5 Å². The van der Waals surface area contributed by atoms with Crippen LogP contribution in [0.25, 0.3) is 0 Å². The van der Waals surface area contributed by atoms with Gasteiger partial charge in [-0.1, -0.05) is 86.1 Å². The van der Waals surface area contributed by atoms with Gasteiger partial charge < -0.3 is 29.0 Å². The molecule has 7 nitrogen and oxygen atoms in total. The minimum absolute atomic E-state index is 0.0530. The summed E-state index contributed by atoms with van der Waals surface area (Å²) >= 11 is 0. The molecule has 0 saturated carbocycles. The molecule has 7 heteroatoms. The van der Waals surface area contributed by atoms with Gasteiger partial charge in [-0.15, -0.1) is 0 Å². The molecule has 0 radical (unpaired) electrons. The maximum atomic E-state index is 13.3. The van der Waals surface area contributed by atoms with Crippen molar-refractivity contribution in [2.24, 2.45) is 0 Å². The van der Waals surface area contributed by atoms with Crippen LogP contribution in [0.2, 0.25) is 0 Å². The van der Waals surface area contributed by atoms with Crippen LogP contribution in [0.5, 0.6) is 28.7 Å². The highest BCUT2D eigenvalue weighted by Crippen LogP contribution is 2.44. The van der Waals surface area contributed by atoms with Crippen molar-refractivity contribution in [2.45, 2.75) is 64.2 Å². The highest BCUT2D eigenvalue weighted by molar-refractivity contribution is 5.78. The first kappa shape index (κ1) is 31.8. The Labute approximate surface area is 266 Å². The third-order valence-electron chi connectivity index (χ3n) is 8.23. The highest BCUT2D eigenvalue weighted by atomic mass is 16.5. The fourth-order valence-electron chi connectivity index (χ4n) is 6.07. The van der Waals surface area contributed by atoms with Crippen molar-refractivity contribution >= 4 is 5.91 Å². The van der Waals surface area contributed by atoms with E-state index in [0.29, 0.717) is 30.5 Å². The van der Waals surface area contributed by atoms with E-state index in [1.165, 1.54) is 5.56 Å². The van der Waals surface area contributed by atoms with Crippen molar-refractivity contribution in [2.75, 3.05) is 20.8 Å². The normalized spacial score (nSPS) is 14.5. The van der Waals surface area contributed by atoms with Crippen LogP contribution in [0.1, 0.15) is 60.8 Å². The first-order chi connectivity index (χ1) is 22.1. The Hall–Kier alpha value is -4.65. The van der Waals surface area contributed by atoms with E-state index in [2.05, 4.69) is 42.6 Å². The zero-order valence-corrected chi connectivity index (χ0v) is 26.4. The van der Waals surface area contributed by atoms with Gasteiger partial charge in [0.1, 0.15) is 13.2 Å². The van der Waals surface area contributed by atoms with Crippen LogP contribution in [0.4, 0.5) is 0 Å². The summed E-state index contributed by atoms with van der Waals surface area (Å²) in [5, 5.41) is 3.29. The second kappa shape index (κ2) is 15.9. The zero-order chi connectivity index (χ0) is 31.4. The van der Waals surface area contributed by atoms with Gasteiger partial charge in [-0.05, 0) is 60.6 Å². The molecular weight excluding hydrogens is 566 g/mol. The number of rotatable bonds is 15. The van der Waals surface area contributed by atoms with E-state index in [1.54, 1.807) is 26.4 Å². The second-order valence-corrected chi connectivity index (χ2v) is 11.3. The average molecular weight is 610 g/mol. The van der Waals surface area contributed by atoms with E-state index >= 15 is 0 Å². The van der Waals surface area contributed by atoms with E-state index < -0.39 is 0 Å². The smallest absolute Gasteiger partial charge is 0.258 e. The number of amides is 1. The number of hydrogen-bond donors (Lipinski definition) is 1. The van der Waals surface area contributed by atoms with Crippen LogP contribution in [-0.2, 0) is 24.4 Å². The number of methoxy groups -OCH3 is 2. The van der Waals surface area contributed by atoms with E-state index in [-0.39, 0.29) is 24.5 Å². The van der Waals surface area contributed by atoms with Crippen molar-refractivity contribution in [3.8, 4) is 28.7 Å². The summed E-state index contributed by atoms with van der Waals surface area (Å²) < 4.78 is 29.7. The topological polar surface area (TPSA) is 75.3 Å². The molecule has 4 aromatic carbocycles. The van der Waals surface area contributed by atoms with Gasteiger partial charge in [0.15, 0.2) is 29.6 Å². The Morgan fingerprint density at radius 1 is 0.756 bits per heavy atom. The minimum atomic E-state index is -0.183. The summed E-state index contributed by atoms with van der Waals surface area (Å²) in [6.07, 6.45) is 4.64. The van der Waals surface area contributed by atoms with Gasteiger partial charge in [0, 0.05) is 17.5 Å². The lowest BCUT2D eigenvalue weighted by Gasteiger charge is -2.34. The number of carbonyl (C=O) groups is 1. The van der Waals surface area contributed by atoms with Gasteiger partial charge in [0.25, 0.3) is 5.91 Å². The van der Waals surface area contributed by atoms with Crippen molar-refractivity contribution in [3.63, 3.8) is 0 Å². The molecule has 0 saturated heterocycles. The summed E-state index contributed by atoms with van der Waals surface area (Å²) in [7, 11) is 3.13. The molecule has 1 aliphatic carbocycles. The molecule has 2 unspecified atom stereocenters. The number of ether oxygens (including phenoxy) is 5. The maximum Gasteiger partial charge on any atom is 0.258 e. The summed E-state index contributed by atoms with van der Waals surface area (Å²) in [4.78, 5) is 13.3. The Bertz CT molecular complexity index is 1500. The molecule has 0 aliphatic heterocycles. The number of para-hydroxylation sites is 1. The summed E-state index contributed by atoms with van der Waals surface area (Å²) in [6.45, 7) is 2.90. The molecular formula is C38H43NO6. The van der Waals surface area contributed by atoms with Crippen LogP contribution in [0.15, 0.2) is 91.0 Å². The quantitative estimate of drug-likeness (QED) is 0.149. The molecule has 2 atom stereocenters. The van der Waals surface area contributed by atoms with Crippen LogP contribution >= 0.6 is 0 Å². The number of hydrogen-bond acceptors (Lipinski definition) is 6. The van der Waals surface area contributed by atoms with Crippen molar-refractivity contribution in [3.05, 3.63) is 113 Å². The molecule has 0 bridgehead atoms. The van der Waals surface area contributed by atoms with E-state index in [0.717, 1.165) is 60.3 Å². The fraction of sp³-hybridized carbons (Fsp3) is 0.342. The first-order valence-corrected chi connectivity index (χ1v) is 15.7. The van der Waals surface area contributed by atoms with Gasteiger partial charge in [0.05, 0.1) is 14.2 Å². The molecule has 4 aromatic rings. The lowest BCUT2D eigenvalue weighted by Crippen LogP contribution is -2.42. The zero-order valence-electron chi connectivity index (χ0n) is 26.4. The largest absolute Gasteiger partial charge is 0.493 e. The lowest BCUT2D eigenvalue weighted by molar-refractivity contribution is -0.124. The molecule has 0 aromatic heterocycles. The molecule has 1 aliphatic rings. The lowest BCUT2D eigenvalue weighted by atomic mass is 9.77. The van der Waals surface area contributed by atoms with E-state index in [1.807, 2.05) is 48.5 Å². The molecule has 1 N–H and O–H groups in total. The minimum Gasteiger partial charge on any atom is -0.493 e. The van der Waals surface area contributed by atoms with Gasteiger partial charge in [-0.2, -0.15) is 0 Å². The van der Waals surface area contributed by atoms with Gasteiger partial charge in [-0.3, -0.25) is 4.79 Å². The van der Waals surface area contributed by atoms with E-state index in [4.69, 9.17) is 23.7 Å². The predicted molar refractivity (Wildman–Crippen MR) is 176 cm³/mol. The Morgan fingerprint density at radius 2 is 1.40 bits per heavy atom. The SMILES string of the molecule is CCCC(NC(=O)COc1c(OC)cccc1OC)C1CCCc2c1ccc(OCc1ccccc1)c2OCc1ccccc1. The Balaban J connectivity index is 1.37. The highest BCUT2D eigenvalue weighted by Gasteiger charge is 2.32.